The van der Waals surface area contributed by atoms with Crippen LogP contribution in [0.15, 0.2) is 42.5 Å². The van der Waals surface area contributed by atoms with Gasteiger partial charge in [0.05, 0.1) is 0 Å². The normalized spacial score (nSPS) is 23.2. The number of hydrogen-bond donors (Lipinski definition) is 1. The molecule has 0 amide bonds. The number of benzene rings is 2. The zero-order chi connectivity index (χ0) is 15.3. The highest BCUT2D eigenvalue weighted by Crippen LogP contribution is 2.48. The Bertz CT molecular complexity index is 688. The second-order valence-corrected chi connectivity index (χ2v) is 6.87. The fourth-order valence-electron chi connectivity index (χ4n) is 3.55. The van der Waals surface area contributed by atoms with Crippen LogP contribution < -0.4 is 4.74 Å². The zero-order valence-corrected chi connectivity index (χ0v) is 13.1. The molecule has 0 radical (unpaired) electrons. The predicted molar refractivity (Wildman–Crippen MR) is 85.1 cm³/mol. The lowest BCUT2D eigenvalue weighted by Crippen LogP contribution is -2.43. The third kappa shape index (κ3) is 2.29. The first-order valence-electron chi connectivity index (χ1n) is 7.40. The van der Waals surface area contributed by atoms with Crippen molar-refractivity contribution in [3.8, 4) is 11.5 Å². The van der Waals surface area contributed by atoms with Crippen LogP contribution in [0.4, 0.5) is 0 Å². The second-order valence-electron chi connectivity index (χ2n) is 6.87. The SMILES string of the molecule is Cc1cc(C2(C)CC(C)(C)Oc3ccccc32)ccc1O. The van der Waals surface area contributed by atoms with Gasteiger partial charge in [-0.25, -0.2) is 0 Å². The Hall–Kier alpha value is -1.96. The van der Waals surface area contributed by atoms with Crippen molar-refractivity contribution in [2.45, 2.75) is 45.1 Å². The smallest absolute Gasteiger partial charge is 0.124 e. The molecule has 0 fully saturated rings. The summed E-state index contributed by atoms with van der Waals surface area (Å²) in [6.45, 7) is 8.48. The van der Waals surface area contributed by atoms with Crippen LogP contribution in [0.2, 0.25) is 0 Å². The highest BCUT2D eigenvalue weighted by Gasteiger charge is 2.43. The first kappa shape index (κ1) is 14.0. The summed E-state index contributed by atoms with van der Waals surface area (Å²) in [7, 11) is 0. The molecule has 0 spiro atoms. The molecular formula is C19H22O2. The largest absolute Gasteiger partial charge is 0.508 e. The molecular weight excluding hydrogens is 260 g/mol. The number of phenols is 1. The fraction of sp³-hybridized carbons (Fsp3) is 0.368. The summed E-state index contributed by atoms with van der Waals surface area (Å²) in [6, 6.07) is 14.2. The van der Waals surface area contributed by atoms with Gasteiger partial charge >= 0.3 is 0 Å². The number of ether oxygens (including phenoxy) is 1. The Kier molecular flexibility index (Phi) is 3.01. The average molecular weight is 282 g/mol. The first-order valence-corrected chi connectivity index (χ1v) is 7.40. The van der Waals surface area contributed by atoms with E-state index in [9.17, 15) is 5.11 Å². The maximum Gasteiger partial charge on any atom is 0.124 e. The Balaban J connectivity index is 2.21. The van der Waals surface area contributed by atoms with E-state index in [1.54, 1.807) is 6.07 Å². The Morgan fingerprint density at radius 3 is 2.48 bits per heavy atom. The lowest BCUT2D eigenvalue weighted by Gasteiger charge is -2.44. The van der Waals surface area contributed by atoms with Crippen LogP contribution in [0.3, 0.4) is 0 Å². The van der Waals surface area contributed by atoms with Gasteiger partial charge in [-0.1, -0.05) is 37.3 Å². The van der Waals surface area contributed by atoms with E-state index in [0.717, 1.165) is 17.7 Å². The fourth-order valence-corrected chi connectivity index (χ4v) is 3.55. The van der Waals surface area contributed by atoms with Gasteiger partial charge in [0.15, 0.2) is 0 Å². The van der Waals surface area contributed by atoms with Gasteiger partial charge in [-0.3, -0.25) is 0 Å². The van der Waals surface area contributed by atoms with Gasteiger partial charge in [-0.15, -0.1) is 0 Å². The van der Waals surface area contributed by atoms with Crippen molar-refractivity contribution < 1.29 is 9.84 Å². The van der Waals surface area contributed by atoms with Gasteiger partial charge < -0.3 is 9.84 Å². The molecule has 1 aliphatic heterocycles. The molecule has 110 valence electrons. The summed E-state index contributed by atoms with van der Waals surface area (Å²) in [5.41, 5.74) is 3.03. The van der Waals surface area contributed by atoms with Crippen LogP contribution in [-0.2, 0) is 5.41 Å². The van der Waals surface area contributed by atoms with Crippen LogP contribution in [0.5, 0.6) is 11.5 Å². The molecule has 21 heavy (non-hydrogen) atoms. The molecule has 0 aliphatic carbocycles. The minimum atomic E-state index is -0.213. The van der Waals surface area contributed by atoms with E-state index < -0.39 is 0 Å². The zero-order valence-electron chi connectivity index (χ0n) is 13.1. The number of aryl methyl sites for hydroxylation is 1. The lowest BCUT2D eigenvalue weighted by molar-refractivity contribution is 0.0583. The molecule has 3 rings (SSSR count). The predicted octanol–water partition coefficient (Wildman–Crippen LogP) is 4.57. The summed E-state index contributed by atoms with van der Waals surface area (Å²) < 4.78 is 6.14. The van der Waals surface area contributed by atoms with E-state index in [2.05, 4.69) is 39.0 Å². The van der Waals surface area contributed by atoms with Gasteiger partial charge in [-0.05, 0) is 44.0 Å². The van der Waals surface area contributed by atoms with Crippen molar-refractivity contribution in [2.75, 3.05) is 0 Å². The molecule has 1 N–H and O–H groups in total. The van der Waals surface area contributed by atoms with Crippen molar-refractivity contribution >= 4 is 0 Å². The van der Waals surface area contributed by atoms with E-state index in [1.807, 2.05) is 25.1 Å². The monoisotopic (exact) mass is 282 g/mol. The minimum absolute atomic E-state index is 0.114. The third-order valence-electron chi connectivity index (χ3n) is 4.48. The Labute approximate surface area is 126 Å². The van der Waals surface area contributed by atoms with E-state index in [4.69, 9.17) is 4.74 Å². The molecule has 0 bridgehead atoms. The van der Waals surface area contributed by atoms with Gasteiger partial charge in [0.1, 0.15) is 17.1 Å². The van der Waals surface area contributed by atoms with Gasteiger partial charge in [0.2, 0.25) is 0 Å². The van der Waals surface area contributed by atoms with Crippen LogP contribution in [0.25, 0.3) is 0 Å². The summed E-state index contributed by atoms with van der Waals surface area (Å²) in [6.07, 6.45) is 0.904. The number of para-hydroxylation sites is 1. The highest BCUT2D eigenvalue weighted by molar-refractivity contribution is 5.51. The van der Waals surface area contributed by atoms with Crippen molar-refractivity contribution in [2.24, 2.45) is 0 Å². The second kappa shape index (κ2) is 4.52. The molecule has 1 aliphatic rings. The van der Waals surface area contributed by atoms with Crippen molar-refractivity contribution in [3.05, 3.63) is 59.2 Å². The highest BCUT2D eigenvalue weighted by atomic mass is 16.5. The number of aromatic hydroxyl groups is 1. The molecule has 2 aromatic carbocycles. The van der Waals surface area contributed by atoms with Gasteiger partial charge in [-0.2, -0.15) is 0 Å². The van der Waals surface area contributed by atoms with Crippen molar-refractivity contribution in [1.82, 2.24) is 0 Å². The summed E-state index contributed by atoms with van der Waals surface area (Å²) in [4.78, 5) is 0. The third-order valence-corrected chi connectivity index (χ3v) is 4.48. The molecule has 0 saturated heterocycles. The molecule has 0 saturated carbocycles. The molecule has 1 atom stereocenters. The molecule has 1 unspecified atom stereocenters. The maximum absolute atomic E-state index is 9.80. The molecule has 2 heteroatoms. The summed E-state index contributed by atoms with van der Waals surface area (Å²) >= 11 is 0. The standard InChI is InChI=1S/C19H22O2/c1-13-11-14(9-10-16(13)20)19(4)12-18(2,3)21-17-8-6-5-7-15(17)19/h5-11,20H,12H2,1-4H3. The van der Waals surface area contributed by atoms with Crippen molar-refractivity contribution in [3.63, 3.8) is 0 Å². The molecule has 1 heterocycles. The number of hydrogen-bond acceptors (Lipinski definition) is 2. The van der Waals surface area contributed by atoms with E-state index >= 15 is 0 Å². The Morgan fingerprint density at radius 2 is 1.76 bits per heavy atom. The van der Waals surface area contributed by atoms with E-state index in [-0.39, 0.29) is 11.0 Å². The van der Waals surface area contributed by atoms with Crippen LogP contribution in [0, 0.1) is 6.92 Å². The summed E-state index contributed by atoms with van der Waals surface area (Å²) in [5.74, 6) is 1.31. The summed E-state index contributed by atoms with van der Waals surface area (Å²) in [5, 5.41) is 9.80. The molecule has 0 aromatic heterocycles. The quantitative estimate of drug-likeness (QED) is 0.830. The number of rotatable bonds is 1. The average Bonchev–Trinajstić information content (AvgIpc) is 2.40. The van der Waals surface area contributed by atoms with Crippen LogP contribution >= 0.6 is 0 Å². The van der Waals surface area contributed by atoms with Crippen LogP contribution in [0.1, 0.15) is 43.9 Å². The van der Waals surface area contributed by atoms with Gasteiger partial charge in [0.25, 0.3) is 0 Å². The van der Waals surface area contributed by atoms with Crippen LogP contribution in [-0.4, -0.2) is 10.7 Å². The van der Waals surface area contributed by atoms with Crippen molar-refractivity contribution in [1.29, 1.82) is 0 Å². The maximum atomic E-state index is 9.80. The minimum Gasteiger partial charge on any atom is -0.508 e. The number of phenolic OH excluding ortho intramolecular Hbond substituents is 1. The lowest BCUT2D eigenvalue weighted by atomic mass is 9.68. The topological polar surface area (TPSA) is 29.5 Å². The molecule has 2 nitrogen and oxygen atoms in total. The van der Waals surface area contributed by atoms with E-state index in [0.29, 0.717) is 5.75 Å². The molecule has 2 aromatic rings. The van der Waals surface area contributed by atoms with E-state index in [1.165, 1.54) is 11.1 Å². The Morgan fingerprint density at radius 1 is 1.05 bits per heavy atom. The first-order chi connectivity index (χ1) is 9.82. The van der Waals surface area contributed by atoms with Gasteiger partial charge in [0, 0.05) is 17.4 Å². The number of fused-ring (bicyclic) bond motifs is 1.